The first-order chi connectivity index (χ1) is 14.0. The number of aromatic nitrogens is 5. The van der Waals surface area contributed by atoms with Gasteiger partial charge in [0.25, 0.3) is 5.91 Å². The fourth-order valence-corrected chi connectivity index (χ4v) is 4.52. The number of hydrogen-bond donors (Lipinski definition) is 1. The van der Waals surface area contributed by atoms with Crippen LogP contribution in [0, 0.1) is 12.7 Å². The second kappa shape index (κ2) is 8.34. The summed E-state index contributed by atoms with van der Waals surface area (Å²) in [6, 6.07) is 5.49. The Kier molecular flexibility index (Phi) is 5.63. The fourth-order valence-electron chi connectivity index (χ4n) is 3.46. The molecule has 8 nitrogen and oxygen atoms in total. The number of anilines is 1. The van der Waals surface area contributed by atoms with Gasteiger partial charge in [-0.2, -0.15) is 0 Å². The third kappa shape index (κ3) is 4.33. The smallest absolute Gasteiger partial charge is 0.251 e. The lowest BCUT2D eigenvalue weighted by atomic mass is 10.1. The predicted octanol–water partition coefficient (Wildman–Crippen LogP) is 2.38. The minimum absolute atomic E-state index is 0.268. The zero-order valence-corrected chi connectivity index (χ0v) is 17.1. The number of halogens is 1. The van der Waals surface area contributed by atoms with Gasteiger partial charge in [-0.1, -0.05) is 19.1 Å². The van der Waals surface area contributed by atoms with Crippen LogP contribution < -0.4 is 5.32 Å². The molecule has 0 saturated carbocycles. The Bertz CT molecular complexity index is 1020. The molecule has 1 aliphatic rings. The number of amides is 1. The Morgan fingerprint density at radius 1 is 1.41 bits per heavy atom. The molecule has 3 heterocycles. The largest absolute Gasteiger partial charge is 0.300 e. The van der Waals surface area contributed by atoms with Crippen molar-refractivity contribution >= 4 is 22.4 Å². The van der Waals surface area contributed by atoms with Crippen molar-refractivity contribution in [2.75, 3.05) is 18.4 Å². The van der Waals surface area contributed by atoms with Crippen molar-refractivity contribution < 1.29 is 9.18 Å². The first-order valence-corrected chi connectivity index (χ1v) is 10.4. The molecule has 1 N–H and O–H groups in total. The van der Waals surface area contributed by atoms with Gasteiger partial charge >= 0.3 is 0 Å². The van der Waals surface area contributed by atoms with Crippen LogP contribution in [0.5, 0.6) is 0 Å². The molecule has 0 fully saturated rings. The molecular weight excluding hydrogens is 393 g/mol. The summed E-state index contributed by atoms with van der Waals surface area (Å²) in [4.78, 5) is 21.3. The highest BCUT2D eigenvalue weighted by atomic mass is 32.1. The summed E-state index contributed by atoms with van der Waals surface area (Å²) in [5.74, 6) is -0.107. The highest BCUT2D eigenvalue weighted by Gasteiger charge is 2.27. The fraction of sp³-hybridized carbons (Fsp3) is 0.421. The first kappa shape index (κ1) is 19.6. The van der Waals surface area contributed by atoms with Crippen LogP contribution in [0.1, 0.15) is 34.9 Å². The third-order valence-electron chi connectivity index (χ3n) is 5.06. The minimum atomic E-state index is -0.708. The number of hydrogen-bond acceptors (Lipinski definition) is 7. The van der Waals surface area contributed by atoms with Gasteiger partial charge in [-0.25, -0.2) is 14.1 Å². The van der Waals surface area contributed by atoms with E-state index in [1.807, 2.05) is 0 Å². The number of carbonyl (C=O) groups excluding carboxylic acids is 1. The molecule has 4 rings (SSSR count). The molecular formula is C19H22FN7OS. The molecule has 3 aromatic rings. The van der Waals surface area contributed by atoms with Gasteiger partial charge in [0, 0.05) is 30.8 Å². The van der Waals surface area contributed by atoms with E-state index in [1.165, 1.54) is 33.0 Å². The SMILES string of the molecule is CCN1CCc2nc(NC(=O)C(Cc3cccc(F)c3)n3nnnc3C)sc2C1. The summed E-state index contributed by atoms with van der Waals surface area (Å²) in [5, 5.41) is 15.0. The van der Waals surface area contributed by atoms with Crippen LogP contribution in [-0.2, 0) is 24.2 Å². The van der Waals surface area contributed by atoms with Crippen LogP contribution >= 0.6 is 11.3 Å². The molecule has 152 valence electrons. The summed E-state index contributed by atoms with van der Waals surface area (Å²) in [5.41, 5.74) is 1.74. The number of nitrogens with zero attached hydrogens (tertiary/aromatic N) is 6. The standard InChI is InChI=1S/C19H22FN7OS/c1-3-26-8-7-15-17(11-26)29-19(21-15)22-18(28)16(27-12(2)23-24-25-27)10-13-5-4-6-14(20)9-13/h4-6,9,16H,3,7-8,10-11H2,1-2H3,(H,21,22,28). The highest BCUT2D eigenvalue weighted by Crippen LogP contribution is 2.29. The number of fused-ring (bicyclic) bond motifs is 1. The Morgan fingerprint density at radius 2 is 2.28 bits per heavy atom. The number of thiazole rings is 1. The van der Waals surface area contributed by atoms with E-state index in [4.69, 9.17) is 0 Å². The Morgan fingerprint density at radius 3 is 3.00 bits per heavy atom. The monoisotopic (exact) mass is 415 g/mol. The van der Waals surface area contributed by atoms with E-state index in [1.54, 1.807) is 19.1 Å². The topological polar surface area (TPSA) is 88.8 Å². The minimum Gasteiger partial charge on any atom is -0.300 e. The highest BCUT2D eigenvalue weighted by molar-refractivity contribution is 7.15. The van der Waals surface area contributed by atoms with Crippen LogP contribution in [0.3, 0.4) is 0 Å². The van der Waals surface area contributed by atoms with Crippen molar-refractivity contribution in [3.8, 4) is 0 Å². The van der Waals surface area contributed by atoms with E-state index in [-0.39, 0.29) is 18.1 Å². The Balaban J connectivity index is 1.56. The van der Waals surface area contributed by atoms with E-state index in [0.717, 1.165) is 31.7 Å². The van der Waals surface area contributed by atoms with Crippen LogP contribution in [0.15, 0.2) is 24.3 Å². The maximum absolute atomic E-state index is 13.6. The van der Waals surface area contributed by atoms with Gasteiger partial charge in [-0.05, 0) is 41.6 Å². The van der Waals surface area contributed by atoms with Crippen molar-refractivity contribution in [1.82, 2.24) is 30.1 Å². The second-order valence-electron chi connectivity index (χ2n) is 7.02. The van der Waals surface area contributed by atoms with Crippen LogP contribution in [0.4, 0.5) is 9.52 Å². The van der Waals surface area contributed by atoms with Gasteiger partial charge in [0.1, 0.15) is 17.7 Å². The Hall–Kier alpha value is -2.72. The lowest BCUT2D eigenvalue weighted by Gasteiger charge is -2.23. The molecule has 0 aliphatic carbocycles. The van der Waals surface area contributed by atoms with Gasteiger partial charge in [-0.3, -0.25) is 9.69 Å². The number of benzene rings is 1. The summed E-state index contributed by atoms with van der Waals surface area (Å²) in [6.45, 7) is 6.70. The van der Waals surface area contributed by atoms with Crippen LogP contribution in [0.25, 0.3) is 0 Å². The van der Waals surface area contributed by atoms with Crippen molar-refractivity contribution in [3.05, 3.63) is 52.0 Å². The number of rotatable bonds is 6. The number of aryl methyl sites for hydroxylation is 1. The quantitative estimate of drug-likeness (QED) is 0.665. The van der Waals surface area contributed by atoms with E-state index in [0.29, 0.717) is 16.5 Å². The van der Waals surface area contributed by atoms with E-state index < -0.39 is 6.04 Å². The molecule has 1 atom stereocenters. The molecule has 0 bridgehead atoms. The van der Waals surface area contributed by atoms with Crippen molar-refractivity contribution in [2.24, 2.45) is 0 Å². The summed E-state index contributed by atoms with van der Waals surface area (Å²) >= 11 is 1.50. The number of nitrogens with one attached hydrogen (secondary N) is 1. The zero-order valence-electron chi connectivity index (χ0n) is 16.3. The van der Waals surface area contributed by atoms with Gasteiger partial charge < -0.3 is 5.32 Å². The molecule has 10 heteroatoms. The van der Waals surface area contributed by atoms with E-state index >= 15 is 0 Å². The lowest BCUT2D eigenvalue weighted by Crippen LogP contribution is -2.29. The van der Waals surface area contributed by atoms with Crippen molar-refractivity contribution in [2.45, 2.75) is 39.3 Å². The number of likely N-dealkylation sites (N-methyl/N-ethyl adjacent to an activating group) is 1. The molecule has 1 aliphatic heterocycles. The van der Waals surface area contributed by atoms with E-state index in [2.05, 4.69) is 37.6 Å². The molecule has 29 heavy (non-hydrogen) atoms. The number of carbonyl (C=O) groups is 1. The number of tetrazole rings is 1. The molecule has 2 aromatic heterocycles. The normalized spacial score (nSPS) is 15.1. The van der Waals surface area contributed by atoms with Gasteiger partial charge in [0.05, 0.1) is 5.69 Å². The van der Waals surface area contributed by atoms with Crippen LogP contribution in [-0.4, -0.2) is 49.1 Å². The average Bonchev–Trinajstić information content (AvgIpc) is 3.30. The van der Waals surface area contributed by atoms with Gasteiger partial charge in [0.15, 0.2) is 5.13 Å². The zero-order chi connectivity index (χ0) is 20.4. The molecule has 1 amide bonds. The molecule has 0 saturated heterocycles. The molecule has 0 radical (unpaired) electrons. The average molecular weight is 415 g/mol. The van der Waals surface area contributed by atoms with Crippen molar-refractivity contribution in [1.29, 1.82) is 0 Å². The molecule has 1 aromatic carbocycles. The summed E-state index contributed by atoms with van der Waals surface area (Å²) in [6.07, 6.45) is 1.15. The lowest BCUT2D eigenvalue weighted by molar-refractivity contribution is -0.119. The molecule has 1 unspecified atom stereocenters. The van der Waals surface area contributed by atoms with Gasteiger partial charge in [0.2, 0.25) is 0 Å². The second-order valence-corrected chi connectivity index (χ2v) is 8.10. The van der Waals surface area contributed by atoms with Crippen molar-refractivity contribution in [3.63, 3.8) is 0 Å². The maximum atomic E-state index is 13.6. The summed E-state index contributed by atoms with van der Waals surface area (Å²) < 4.78 is 15.1. The predicted molar refractivity (Wildman–Crippen MR) is 107 cm³/mol. The summed E-state index contributed by atoms with van der Waals surface area (Å²) in [7, 11) is 0. The third-order valence-corrected chi connectivity index (χ3v) is 6.06. The van der Waals surface area contributed by atoms with E-state index in [9.17, 15) is 9.18 Å². The Labute approximate surface area is 171 Å². The molecule has 0 spiro atoms. The van der Waals surface area contributed by atoms with Gasteiger partial charge in [-0.15, -0.1) is 16.4 Å². The van der Waals surface area contributed by atoms with Crippen LogP contribution in [0.2, 0.25) is 0 Å². The maximum Gasteiger partial charge on any atom is 0.251 e. The first-order valence-electron chi connectivity index (χ1n) is 9.54.